The Morgan fingerprint density at radius 1 is 0.900 bits per heavy atom. The van der Waals surface area contributed by atoms with Crippen LogP contribution in [0.25, 0.3) is 0 Å². The van der Waals surface area contributed by atoms with Crippen LogP contribution in [0.4, 0.5) is 0 Å². The highest BCUT2D eigenvalue weighted by Crippen LogP contribution is 2.25. The summed E-state index contributed by atoms with van der Waals surface area (Å²) in [5, 5.41) is 10.00. The molecule has 2 aromatic carbocycles. The van der Waals surface area contributed by atoms with E-state index in [0.717, 1.165) is 17.1 Å². The number of aliphatic hydroxyl groups is 1. The maximum Gasteiger partial charge on any atom is 0.127 e. The van der Waals surface area contributed by atoms with Gasteiger partial charge in [-0.3, -0.25) is 0 Å². The van der Waals surface area contributed by atoms with Gasteiger partial charge in [-0.15, -0.1) is 0 Å². The first-order valence-corrected chi connectivity index (χ1v) is 6.84. The monoisotopic (exact) mass is 271 g/mol. The highest BCUT2D eigenvalue weighted by molar-refractivity contribution is 5.34. The largest absolute Gasteiger partial charge is 0.457 e. The van der Waals surface area contributed by atoms with E-state index in [1.807, 2.05) is 68.4 Å². The van der Waals surface area contributed by atoms with Crippen LogP contribution < -0.4 is 10.5 Å². The van der Waals surface area contributed by atoms with Gasteiger partial charge in [0.2, 0.25) is 0 Å². The molecule has 20 heavy (non-hydrogen) atoms. The van der Waals surface area contributed by atoms with Crippen LogP contribution in [0.5, 0.6) is 11.5 Å². The second-order valence-electron chi connectivity index (χ2n) is 5.24. The molecule has 3 heteroatoms. The molecule has 0 unspecified atom stereocenters. The fraction of sp³-hybridized carbons (Fsp3) is 0.294. The zero-order valence-corrected chi connectivity index (χ0v) is 11.9. The second-order valence-corrected chi connectivity index (χ2v) is 5.24. The average Bonchev–Trinajstić information content (AvgIpc) is 2.47. The minimum atomic E-state index is -0.545. The van der Waals surface area contributed by atoms with Crippen LogP contribution in [0.1, 0.15) is 25.5 Å². The molecule has 0 saturated carbocycles. The van der Waals surface area contributed by atoms with E-state index in [1.54, 1.807) is 0 Å². The first-order valence-electron chi connectivity index (χ1n) is 6.84. The number of benzene rings is 2. The van der Waals surface area contributed by atoms with E-state index in [-0.39, 0.29) is 12.0 Å². The molecule has 0 aliphatic heterocycles. The summed E-state index contributed by atoms with van der Waals surface area (Å²) in [6.07, 6.45) is -0.545. The number of hydrogen-bond acceptors (Lipinski definition) is 3. The van der Waals surface area contributed by atoms with E-state index in [2.05, 4.69) is 0 Å². The molecule has 0 radical (unpaired) electrons. The molecule has 0 amide bonds. The predicted octanol–water partition coefficient (Wildman–Crippen LogP) is 3.50. The minimum absolute atomic E-state index is 0.130. The van der Waals surface area contributed by atoms with Crippen molar-refractivity contribution in [2.45, 2.75) is 26.0 Å². The third kappa shape index (κ3) is 3.59. The topological polar surface area (TPSA) is 55.5 Å². The van der Waals surface area contributed by atoms with Crippen LogP contribution in [-0.2, 0) is 0 Å². The molecule has 3 N–H and O–H groups in total. The highest BCUT2D eigenvalue weighted by atomic mass is 16.5. The van der Waals surface area contributed by atoms with Crippen molar-refractivity contribution in [2.24, 2.45) is 11.7 Å². The molecule has 2 aromatic rings. The van der Waals surface area contributed by atoms with Gasteiger partial charge in [0.15, 0.2) is 0 Å². The summed E-state index contributed by atoms with van der Waals surface area (Å²) in [7, 11) is 0. The fourth-order valence-corrected chi connectivity index (χ4v) is 1.99. The van der Waals surface area contributed by atoms with Gasteiger partial charge in [0.1, 0.15) is 11.5 Å². The number of hydrogen-bond donors (Lipinski definition) is 2. The molecule has 0 bridgehead atoms. The SMILES string of the molecule is CC(C)[C@@H](O)[C@@H](N)c1ccc(Oc2ccccc2)cc1. The third-order valence-corrected chi connectivity index (χ3v) is 3.29. The second kappa shape index (κ2) is 6.55. The molecule has 0 spiro atoms. The van der Waals surface area contributed by atoms with E-state index in [9.17, 15) is 5.11 Å². The highest BCUT2D eigenvalue weighted by Gasteiger charge is 2.19. The van der Waals surface area contributed by atoms with Gasteiger partial charge < -0.3 is 15.6 Å². The Bertz CT molecular complexity index is 522. The van der Waals surface area contributed by atoms with Crippen LogP contribution >= 0.6 is 0 Å². The smallest absolute Gasteiger partial charge is 0.127 e. The normalized spacial score (nSPS) is 14.1. The summed E-state index contributed by atoms with van der Waals surface area (Å²) >= 11 is 0. The summed E-state index contributed by atoms with van der Waals surface area (Å²) in [4.78, 5) is 0. The molecule has 0 aromatic heterocycles. The van der Waals surface area contributed by atoms with Crippen molar-refractivity contribution in [1.82, 2.24) is 0 Å². The average molecular weight is 271 g/mol. The quantitative estimate of drug-likeness (QED) is 0.875. The summed E-state index contributed by atoms with van der Waals surface area (Å²) in [6.45, 7) is 3.91. The Labute approximate surface area is 120 Å². The van der Waals surface area contributed by atoms with Crippen molar-refractivity contribution < 1.29 is 9.84 Å². The number of aliphatic hydroxyl groups excluding tert-OH is 1. The molecule has 3 nitrogen and oxygen atoms in total. The molecule has 2 atom stereocenters. The van der Waals surface area contributed by atoms with E-state index in [1.165, 1.54) is 0 Å². The lowest BCUT2D eigenvalue weighted by atomic mass is 9.94. The molecule has 0 aliphatic carbocycles. The van der Waals surface area contributed by atoms with Crippen molar-refractivity contribution in [3.63, 3.8) is 0 Å². The fourth-order valence-electron chi connectivity index (χ4n) is 1.99. The van der Waals surface area contributed by atoms with Crippen LogP contribution in [0, 0.1) is 5.92 Å². The standard InChI is InChI=1S/C17H21NO2/c1-12(2)17(19)16(18)13-8-10-15(11-9-13)20-14-6-4-3-5-7-14/h3-12,16-17,19H,18H2,1-2H3/t16-,17+/m0/s1. The van der Waals surface area contributed by atoms with E-state index in [4.69, 9.17) is 10.5 Å². The third-order valence-electron chi connectivity index (χ3n) is 3.29. The van der Waals surface area contributed by atoms with Crippen LogP contribution in [0.15, 0.2) is 54.6 Å². The minimum Gasteiger partial charge on any atom is -0.457 e. The number of ether oxygens (including phenoxy) is 1. The molecular formula is C17H21NO2. The number of para-hydroxylation sites is 1. The van der Waals surface area contributed by atoms with Crippen LogP contribution in [-0.4, -0.2) is 11.2 Å². The zero-order valence-electron chi connectivity index (χ0n) is 11.9. The van der Waals surface area contributed by atoms with Crippen molar-refractivity contribution in [2.75, 3.05) is 0 Å². The molecular weight excluding hydrogens is 250 g/mol. The van der Waals surface area contributed by atoms with Gasteiger partial charge in [0.25, 0.3) is 0 Å². The summed E-state index contributed by atoms with van der Waals surface area (Å²) in [6, 6.07) is 16.8. The van der Waals surface area contributed by atoms with Crippen molar-refractivity contribution in [3.05, 3.63) is 60.2 Å². The molecule has 0 heterocycles. The summed E-state index contributed by atoms with van der Waals surface area (Å²) in [5.41, 5.74) is 6.96. The lowest BCUT2D eigenvalue weighted by Crippen LogP contribution is -2.30. The number of rotatable bonds is 5. The van der Waals surface area contributed by atoms with E-state index in [0.29, 0.717) is 0 Å². The Hall–Kier alpha value is -1.84. The Morgan fingerprint density at radius 2 is 1.45 bits per heavy atom. The maximum absolute atomic E-state index is 10.00. The summed E-state index contributed by atoms with van der Waals surface area (Å²) < 4.78 is 5.72. The van der Waals surface area contributed by atoms with E-state index < -0.39 is 6.10 Å². The zero-order chi connectivity index (χ0) is 14.5. The van der Waals surface area contributed by atoms with Gasteiger partial charge in [-0.1, -0.05) is 44.2 Å². The van der Waals surface area contributed by atoms with Gasteiger partial charge >= 0.3 is 0 Å². The summed E-state index contributed by atoms with van der Waals surface area (Å²) in [5.74, 6) is 1.68. The van der Waals surface area contributed by atoms with Gasteiger partial charge in [-0.25, -0.2) is 0 Å². The number of nitrogens with two attached hydrogens (primary N) is 1. The van der Waals surface area contributed by atoms with Crippen molar-refractivity contribution in [3.8, 4) is 11.5 Å². The van der Waals surface area contributed by atoms with Gasteiger partial charge in [0.05, 0.1) is 12.1 Å². The van der Waals surface area contributed by atoms with Crippen molar-refractivity contribution in [1.29, 1.82) is 0 Å². The Kier molecular flexibility index (Phi) is 4.77. The van der Waals surface area contributed by atoms with E-state index >= 15 is 0 Å². The predicted molar refractivity (Wildman–Crippen MR) is 80.7 cm³/mol. The van der Waals surface area contributed by atoms with Crippen molar-refractivity contribution >= 4 is 0 Å². The molecule has 2 rings (SSSR count). The molecule has 0 saturated heterocycles. The van der Waals surface area contributed by atoms with Crippen LogP contribution in [0.3, 0.4) is 0 Å². The van der Waals surface area contributed by atoms with Gasteiger partial charge in [-0.05, 0) is 35.7 Å². The lowest BCUT2D eigenvalue weighted by Gasteiger charge is -2.22. The first-order chi connectivity index (χ1) is 9.58. The first kappa shape index (κ1) is 14.6. The lowest BCUT2D eigenvalue weighted by molar-refractivity contribution is 0.0979. The molecule has 0 fully saturated rings. The van der Waals surface area contributed by atoms with Crippen LogP contribution in [0.2, 0.25) is 0 Å². The Morgan fingerprint density at radius 3 is 2.00 bits per heavy atom. The maximum atomic E-state index is 10.00. The van der Waals surface area contributed by atoms with Gasteiger partial charge in [-0.2, -0.15) is 0 Å². The Balaban J connectivity index is 2.06. The molecule has 0 aliphatic rings. The molecule has 106 valence electrons. The van der Waals surface area contributed by atoms with Gasteiger partial charge in [0, 0.05) is 0 Å².